The number of rotatable bonds is 3. The van der Waals surface area contributed by atoms with Crippen molar-refractivity contribution in [1.29, 1.82) is 0 Å². The molecule has 1 N–H and O–H groups in total. The minimum Gasteiger partial charge on any atom is -0.449 e. The van der Waals surface area contributed by atoms with Gasteiger partial charge in [-0.15, -0.1) is 0 Å². The maximum Gasteiger partial charge on any atom is 0.335 e. The Morgan fingerprint density at radius 2 is 1.68 bits per heavy atom. The lowest BCUT2D eigenvalue weighted by molar-refractivity contribution is -0.139. The van der Waals surface area contributed by atoms with Crippen molar-refractivity contribution in [3.63, 3.8) is 0 Å². The van der Waals surface area contributed by atoms with Gasteiger partial charge in [0.05, 0.1) is 6.61 Å². The minimum atomic E-state index is -0.466. The molecule has 25 heavy (non-hydrogen) atoms. The first-order chi connectivity index (χ1) is 12.2. The number of aliphatic hydroxyl groups is 1. The number of cyclic esters (lactones) is 1. The zero-order chi connectivity index (χ0) is 17.4. The van der Waals surface area contributed by atoms with Gasteiger partial charge in [0.1, 0.15) is 0 Å². The molecule has 0 spiro atoms. The third kappa shape index (κ3) is 2.53. The van der Waals surface area contributed by atoms with E-state index in [1.165, 1.54) is 0 Å². The van der Waals surface area contributed by atoms with E-state index in [0.717, 1.165) is 33.0 Å². The Labute approximate surface area is 146 Å². The van der Waals surface area contributed by atoms with Crippen LogP contribution < -0.4 is 0 Å². The molecule has 4 rings (SSSR count). The monoisotopic (exact) mass is 330 g/mol. The van der Waals surface area contributed by atoms with E-state index in [1.807, 2.05) is 66.7 Å². The zero-order valence-corrected chi connectivity index (χ0v) is 13.9. The van der Waals surface area contributed by atoms with Crippen molar-refractivity contribution in [2.45, 2.75) is 19.6 Å². The van der Waals surface area contributed by atoms with E-state index in [-0.39, 0.29) is 12.6 Å². The Hall–Kier alpha value is -2.91. The molecule has 0 saturated carbocycles. The van der Waals surface area contributed by atoms with Crippen LogP contribution in [0.15, 0.2) is 72.3 Å². The number of benzene rings is 3. The van der Waals surface area contributed by atoms with E-state index < -0.39 is 6.10 Å². The molecule has 3 aromatic carbocycles. The average molecular weight is 330 g/mol. The van der Waals surface area contributed by atoms with Crippen LogP contribution in [0.3, 0.4) is 0 Å². The molecule has 1 aliphatic rings. The molecule has 124 valence electrons. The Morgan fingerprint density at radius 1 is 0.960 bits per heavy atom. The number of aliphatic hydroxyl groups excluding tert-OH is 1. The second-order valence-corrected chi connectivity index (χ2v) is 6.21. The van der Waals surface area contributed by atoms with Gasteiger partial charge in [-0.05, 0) is 28.8 Å². The van der Waals surface area contributed by atoms with Gasteiger partial charge in [0.2, 0.25) is 0 Å². The maximum atomic E-state index is 12.3. The lowest BCUT2D eigenvalue weighted by Gasteiger charge is -2.19. The molecule has 1 unspecified atom stereocenters. The van der Waals surface area contributed by atoms with Gasteiger partial charge >= 0.3 is 5.97 Å². The third-order valence-electron chi connectivity index (χ3n) is 4.78. The van der Waals surface area contributed by atoms with Crippen LogP contribution in [-0.2, 0) is 16.1 Å². The molecule has 3 nitrogen and oxygen atoms in total. The summed E-state index contributed by atoms with van der Waals surface area (Å²) in [4.78, 5) is 12.3. The molecule has 3 heteroatoms. The number of hydrogen-bond acceptors (Lipinski definition) is 3. The minimum absolute atomic E-state index is 0.0800. The fourth-order valence-electron chi connectivity index (χ4n) is 3.52. The van der Waals surface area contributed by atoms with Crippen LogP contribution in [0, 0.1) is 0 Å². The van der Waals surface area contributed by atoms with E-state index in [1.54, 1.807) is 6.92 Å². The standard InChI is InChI=1S/C22H18O3/c1-14-20(18-11-5-3-8-16(18)13-23)21(25-22(14)24)19-12-6-9-15-7-2-4-10-17(15)19/h2-12,21,23H,13H2,1H3. The van der Waals surface area contributed by atoms with Crippen LogP contribution in [0.4, 0.5) is 0 Å². The Bertz CT molecular complexity index is 996. The highest BCUT2D eigenvalue weighted by Gasteiger charge is 2.35. The first kappa shape index (κ1) is 15.6. The summed E-state index contributed by atoms with van der Waals surface area (Å²) in [6.07, 6.45) is -0.466. The van der Waals surface area contributed by atoms with Gasteiger partial charge in [0.25, 0.3) is 0 Å². The molecule has 1 atom stereocenters. The van der Waals surface area contributed by atoms with Crippen molar-refractivity contribution < 1.29 is 14.6 Å². The summed E-state index contributed by atoms with van der Waals surface area (Å²) in [6, 6.07) is 21.7. The maximum absolute atomic E-state index is 12.3. The number of ether oxygens (including phenoxy) is 1. The van der Waals surface area contributed by atoms with Crippen molar-refractivity contribution in [3.8, 4) is 0 Å². The topological polar surface area (TPSA) is 46.5 Å². The summed E-state index contributed by atoms with van der Waals surface area (Å²) in [6.45, 7) is 1.71. The lowest BCUT2D eigenvalue weighted by atomic mass is 9.88. The van der Waals surface area contributed by atoms with Crippen LogP contribution in [0.1, 0.15) is 29.7 Å². The second-order valence-electron chi connectivity index (χ2n) is 6.21. The van der Waals surface area contributed by atoms with Crippen LogP contribution in [0.2, 0.25) is 0 Å². The van der Waals surface area contributed by atoms with E-state index in [2.05, 4.69) is 0 Å². The molecule has 0 aliphatic carbocycles. The van der Waals surface area contributed by atoms with Crippen molar-refractivity contribution >= 4 is 22.3 Å². The fourth-order valence-corrected chi connectivity index (χ4v) is 3.52. The molecule has 1 aliphatic heterocycles. The predicted octanol–water partition coefficient (Wildman–Crippen LogP) is 4.40. The molecule has 3 aromatic rings. The van der Waals surface area contributed by atoms with Crippen LogP contribution >= 0.6 is 0 Å². The molecular weight excluding hydrogens is 312 g/mol. The summed E-state index contributed by atoms with van der Waals surface area (Å²) < 4.78 is 5.74. The summed E-state index contributed by atoms with van der Waals surface area (Å²) >= 11 is 0. The van der Waals surface area contributed by atoms with Gasteiger partial charge in [0.15, 0.2) is 6.10 Å². The van der Waals surface area contributed by atoms with E-state index in [4.69, 9.17) is 4.74 Å². The summed E-state index contributed by atoms with van der Waals surface area (Å²) in [7, 11) is 0. The normalized spacial score (nSPS) is 17.2. The SMILES string of the molecule is CC1=C(c2ccccc2CO)C(c2cccc3ccccc23)OC1=O. The summed E-state index contributed by atoms with van der Waals surface area (Å²) in [5, 5.41) is 11.9. The molecule has 1 heterocycles. The first-order valence-corrected chi connectivity index (χ1v) is 8.29. The molecule has 0 amide bonds. The van der Waals surface area contributed by atoms with E-state index in [9.17, 15) is 9.90 Å². The zero-order valence-electron chi connectivity index (χ0n) is 13.9. The summed E-state index contributed by atoms with van der Waals surface area (Å²) in [5.74, 6) is -0.305. The van der Waals surface area contributed by atoms with Crippen LogP contribution in [-0.4, -0.2) is 11.1 Å². The van der Waals surface area contributed by atoms with Crippen LogP contribution in [0.25, 0.3) is 16.3 Å². The number of hydrogen-bond donors (Lipinski definition) is 1. The molecule has 0 aromatic heterocycles. The molecular formula is C22H18O3. The smallest absolute Gasteiger partial charge is 0.335 e. The lowest BCUT2D eigenvalue weighted by Crippen LogP contribution is -2.05. The van der Waals surface area contributed by atoms with Crippen molar-refractivity contribution in [2.24, 2.45) is 0 Å². The van der Waals surface area contributed by atoms with Gasteiger partial charge in [-0.25, -0.2) is 4.79 Å². The molecule has 0 fully saturated rings. The Kier molecular flexibility index (Phi) is 3.86. The third-order valence-corrected chi connectivity index (χ3v) is 4.78. The predicted molar refractivity (Wildman–Crippen MR) is 97.7 cm³/mol. The summed E-state index contributed by atoms with van der Waals surface area (Å²) in [5.41, 5.74) is 4.06. The molecule has 0 radical (unpaired) electrons. The quantitative estimate of drug-likeness (QED) is 0.724. The Morgan fingerprint density at radius 3 is 2.52 bits per heavy atom. The van der Waals surface area contributed by atoms with Gasteiger partial charge in [-0.2, -0.15) is 0 Å². The Balaban J connectivity index is 1.94. The average Bonchev–Trinajstić information content (AvgIpc) is 2.95. The highest BCUT2D eigenvalue weighted by Crippen LogP contribution is 2.44. The van der Waals surface area contributed by atoms with Gasteiger partial charge in [-0.3, -0.25) is 0 Å². The number of fused-ring (bicyclic) bond motifs is 1. The highest BCUT2D eigenvalue weighted by molar-refractivity contribution is 6.04. The van der Waals surface area contributed by atoms with Crippen molar-refractivity contribution in [1.82, 2.24) is 0 Å². The van der Waals surface area contributed by atoms with Gasteiger partial charge in [-0.1, -0.05) is 66.7 Å². The van der Waals surface area contributed by atoms with Gasteiger partial charge in [0, 0.05) is 16.7 Å². The van der Waals surface area contributed by atoms with Crippen LogP contribution in [0.5, 0.6) is 0 Å². The largest absolute Gasteiger partial charge is 0.449 e. The van der Waals surface area contributed by atoms with Gasteiger partial charge < -0.3 is 9.84 Å². The number of esters is 1. The number of carbonyl (C=O) groups is 1. The van der Waals surface area contributed by atoms with Crippen molar-refractivity contribution in [3.05, 3.63) is 89.0 Å². The van der Waals surface area contributed by atoms with E-state index in [0.29, 0.717) is 5.57 Å². The highest BCUT2D eigenvalue weighted by atomic mass is 16.5. The fraction of sp³-hybridized carbons (Fsp3) is 0.136. The molecule has 0 bridgehead atoms. The molecule has 0 saturated heterocycles. The van der Waals surface area contributed by atoms with Crippen molar-refractivity contribution in [2.75, 3.05) is 0 Å². The number of carbonyl (C=O) groups excluding carboxylic acids is 1. The second kappa shape index (κ2) is 6.19. The first-order valence-electron chi connectivity index (χ1n) is 8.29. The van der Waals surface area contributed by atoms with E-state index >= 15 is 0 Å².